The van der Waals surface area contributed by atoms with Crippen molar-refractivity contribution in [1.82, 2.24) is 15.1 Å². The van der Waals surface area contributed by atoms with Crippen molar-refractivity contribution in [1.29, 1.82) is 0 Å². The molecule has 1 N–H and O–H groups in total. The van der Waals surface area contributed by atoms with E-state index in [1.54, 1.807) is 0 Å². The predicted octanol–water partition coefficient (Wildman–Crippen LogP) is 2.33. The van der Waals surface area contributed by atoms with Crippen LogP contribution < -0.4 is 0 Å². The molecule has 6 nitrogen and oxygen atoms in total. The van der Waals surface area contributed by atoms with Gasteiger partial charge in [0, 0.05) is 37.2 Å². The van der Waals surface area contributed by atoms with Crippen molar-refractivity contribution in [2.24, 2.45) is 5.92 Å². The summed E-state index contributed by atoms with van der Waals surface area (Å²) >= 11 is 0. The van der Waals surface area contributed by atoms with Crippen LogP contribution in [0, 0.1) is 19.8 Å². The van der Waals surface area contributed by atoms with E-state index in [9.17, 15) is 0 Å². The van der Waals surface area contributed by atoms with Gasteiger partial charge in [0.05, 0.1) is 38.2 Å². The smallest absolute Gasteiger partial charge is 0.168 e. The summed E-state index contributed by atoms with van der Waals surface area (Å²) in [5.74, 6) is 0.468. The van der Waals surface area contributed by atoms with Crippen LogP contribution >= 0.6 is 0 Å². The highest BCUT2D eigenvalue weighted by Gasteiger charge is 2.41. The van der Waals surface area contributed by atoms with Crippen molar-refractivity contribution in [2.75, 3.05) is 39.5 Å². The molecule has 3 heterocycles. The van der Waals surface area contributed by atoms with Crippen molar-refractivity contribution in [3.63, 3.8) is 0 Å². The zero-order chi connectivity index (χ0) is 16.6. The van der Waals surface area contributed by atoms with Gasteiger partial charge >= 0.3 is 0 Å². The predicted molar refractivity (Wildman–Crippen MR) is 89.8 cm³/mol. The summed E-state index contributed by atoms with van der Waals surface area (Å²) in [6, 6.07) is 0.326. The van der Waals surface area contributed by atoms with E-state index in [0.29, 0.717) is 6.04 Å². The van der Waals surface area contributed by atoms with Crippen LogP contribution in [0.1, 0.15) is 48.7 Å². The molecule has 4 rings (SSSR count). The number of aromatic amines is 1. The maximum atomic E-state index is 5.86. The maximum Gasteiger partial charge on any atom is 0.168 e. The number of H-pyrrole nitrogens is 1. The molecule has 3 aliphatic rings. The van der Waals surface area contributed by atoms with Crippen molar-refractivity contribution < 1.29 is 14.2 Å². The van der Waals surface area contributed by atoms with Crippen LogP contribution in [-0.4, -0.2) is 60.4 Å². The number of morpholine rings is 1. The molecule has 1 saturated carbocycles. The molecular formula is C18H29N3O3. The lowest BCUT2D eigenvalue weighted by Crippen LogP contribution is -2.44. The lowest BCUT2D eigenvalue weighted by atomic mass is 9.84. The number of aryl methyl sites for hydroxylation is 2. The van der Waals surface area contributed by atoms with Crippen LogP contribution in [0.5, 0.6) is 0 Å². The number of ether oxygens (including phenoxy) is 3. The summed E-state index contributed by atoms with van der Waals surface area (Å²) in [6.07, 6.45) is 4.45. The molecule has 0 amide bonds. The Morgan fingerprint density at radius 2 is 1.92 bits per heavy atom. The molecule has 3 fully saturated rings. The van der Waals surface area contributed by atoms with Crippen LogP contribution in [-0.2, 0) is 14.2 Å². The van der Waals surface area contributed by atoms with Gasteiger partial charge in [0.2, 0.25) is 0 Å². The molecule has 1 spiro atoms. The number of rotatable bonds is 3. The van der Waals surface area contributed by atoms with Crippen molar-refractivity contribution in [2.45, 2.75) is 51.4 Å². The van der Waals surface area contributed by atoms with Crippen LogP contribution in [0.15, 0.2) is 0 Å². The fourth-order valence-electron chi connectivity index (χ4n) is 4.59. The molecule has 2 saturated heterocycles. The third kappa shape index (κ3) is 3.12. The van der Waals surface area contributed by atoms with E-state index < -0.39 is 0 Å². The highest BCUT2D eigenvalue weighted by Crippen LogP contribution is 2.39. The fraction of sp³-hybridized carbons (Fsp3) is 0.833. The lowest BCUT2D eigenvalue weighted by Gasteiger charge is -2.41. The molecule has 0 unspecified atom stereocenters. The Labute approximate surface area is 143 Å². The Hall–Kier alpha value is -0.950. The van der Waals surface area contributed by atoms with Gasteiger partial charge < -0.3 is 14.2 Å². The normalized spacial score (nSPS) is 28.7. The number of nitrogens with zero attached hydrogens (tertiary/aromatic N) is 2. The first kappa shape index (κ1) is 16.5. The van der Waals surface area contributed by atoms with Crippen molar-refractivity contribution in [3.8, 4) is 0 Å². The minimum absolute atomic E-state index is 0.251. The van der Waals surface area contributed by atoms with Gasteiger partial charge in [-0.2, -0.15) is 5.10 Å². The Kier molecular flexibility index (Phi) is 4.64. The average Bonchev–Trinajstić information content (AvgIpc) is 3.18. The van der Waals surface area contributed by atoms with E-state index in [-0.39, 0.29) is 5.79 Å². The van der Waals surface area contributed by atoms with Gasteiger partial charge in [0.1, 0.15) is 0 Å². The van der Waals surface area contributed by atoms with Gasteiger partial charge in [-0.15, -0.1) is 0 Å². The quantitative estimate of drug-likeness (QED) is 0.919. The molecule has 1 aromatic heterocycles. The third-order valence-corrected chi connectivity index (χ3v) is 5.93. The highest BCUT2D eigenvalue weighted by molar-refractivity contribution is 5.27. The minimum Gasteiger partial charge on any atom is -0.378 e. The number of hydrogen-bond donors (Lipinski definition) is 1. The molecule has 134 valence electrons. The first-order chi connectivity index (χ1) is 11.7. The average molecular weight is 335 g/mol. The van der Waals surface area contributed by atoms with Crippen LogP contribution in [0.2, 0.25) is 0 Å². The van der Waals surface area contributed by atoms with E-state index in [1.807, 2.05) is 0 Å². The van der Waals surface area contributed by atoms with Gasteiger partial charge in [-0.05, 0) is 32.6 Å². The largest absolute Gasteiger partial charge is 0.378 e. The molecule has 0 aromatic carbocycles. The zero-order valence-corrected chi connectivity index (χ0v) is 14.8. The molecule has 1 aromatic rings. The van der Waals surface area contributed by atoms with E-state index in [4.69, 9.17) is 14.2 Å². The Morgan fingerprint density at radius 3 is 2.58 bits per heavy atom. The summed E-state index contributed by atoms with van der Waals surface area (Å²) in [4.78, 5) is 2.60. The Morgan fingerprint density at radius 1 is 1.17 bits per heavy atom. The number of nitrogens with one attached hydrogen (secondary N) is 1. The second-order valence-electron chi connectivity index (χ2n) is 7.48. The molecule has 2 aliphatic heterocycles. The highest BCUT2D eigenvalue weighted by atomic mass is 16.7. The molecule has 0 bridgehead atoms. The Bertz CT molecular complexity index is 538. The van der Waals surface area contributed by atoms with E-state index >= 15 is 0 Å². The molecular weight excluding hydrogens is 306 g/mol. The van der Waals surface area contributed by atoms with Crippen LogP contribution in [0.4, 0.5) is 0 Å². The SMILES string of the molecule is Cc1n[nH]c(C)c1[C@H]1COCCN1CC1CCC2(CC1)OCCO2. The molecule has 6 heteroatoms. The standard InChI is InChI=1S/C18H29N3O3/c1-13-17(14(2)20-19-13)16-12-22-8-7-21(16)11-15-3-5-18(6-4-15)23-9-10-24-18/h15-16H,3-12H2,1-2H3,(H,19,20)/t16-/m1/s1. The summed E-state index contributed by atoms with van der Waals surface area (Å²) in [6.45, 7) is 9.45. The van der Waals surface area contributed by atoms with Gasteiger partial charge in [0.15, 0.2) is 5.79 Å². The zero-order valence-electron chi connectivity index (χ0n) is 14.8. The summed E-state index contributed by atoms with van der Waals surface area (Å²) < 4.78 is 17.5. The third-order valence-electron chi connectivity index (χ3n) is 5.93. The van der Waals surface area contributed by atoms with Gasteiger partial charge in [-0.25, -0.2) is 0 Å². The van der Waals surface area contributed by atoms with Crippen LogP contribution in [0.25, 0.3) is 0 Å². The van der Waals surface area contributed by atoms with E-state index in [1.165, 1.54) is 24.1 Å². The summed E-state index contributed by atoms with van der Waals surface area (Å²) in [5.41, 5.74) is 3.59. The molecule has 1 aliphatic carbocycles. The number of aromatic nitrogens is 2. The number of hydrogen-bond acceptors (Lipinski definition) is 5. The molecule has 24 heavy (non-hydrogen) atoms. The lowest BCUT2D eigenvalue weighted by molar-refractivity contribution is -0.184. The van der Waals surface area contributed by atoms with Gasteiger partial charge in [0.25, 0.3) is 0 Å². The second kappa shape index (κ2) is 6.75. The van der Waals surface area contributed by atoms with Crippen LogP contribution in [0.3, 0.4) is 0 Å². The maximum absolute atomic E-state index is 5.86. The molecule has 1 atom stereocenters. The topological polar surface area (TPSA) is 59.6 Å². The summed E-state index contributed by atoms with van der Waals surface area (Å²) in [7, 11) is 0. The van der Waals surface area contributed by atoms with E-state index in [0.717, 1.165) is 64.0 Å². The van der Waals surface area contributed by atoms with Crippen molar-refractivity contribution >= 4 is 0 Å². The monoisotopic (exact) mass is 335 g/mol. The van der Waals surface area contributed by atoms with Crippen molar-refractivity contribution in [3.05, 3.63) is 17.0 Å². The van der Waals surface area contributed by atoms with Gasteiger partial charge in [-0.1, -0.05) is 0 Å². The minimum atomic E-state index is -0.251. The first-order valence-corrected chi connectivity index (χ1v) is 9.28. The Balaban J connectivity index is 1.41. The molecule has 0 radical (unpaired) electrons. The second-order valence-corrected chi connectivity index (χ2v) is 7.48. The van der Waals surface area contributed by atoms with E-state index in [2.05, 4.69) is 28.9 Å². The summed E-state index contributed by atoms with van der Waals surface area (Å²) in [5, 5.41) is 7.51. The fourth-order valence-corrected chi connectivity index (χ4v) is 4.59. The first-order valence-electron chi connectivity index (χ1n) is 9.28. The van der Waals surface area contributed by atoms with Gasteiger partial charge in [-0.3, -0.25) is 10.00 Å².